The van der Waals surface area contributed by atoms with Crippen LogP contribution in [0.1, 0.15) is 50.1 Å². The van der Waals surface area contributed by atoms with E-state index in [1.165, 1.54) is 5.56 Å². The second kappa shape index (κ2) is 6.79. The summed E-state index contributed by atoms with van der Waals surface area (Å²) in [4.78, 5) is 28.3. The molecule has 0 saturated carbocycles. The highest BCUT2D eigenvalue weighted by Gasteiger charge is 2.35. The average molecular weight is 346 g/mol. The van der Waals surface area contributed by atoms with Crippen LogP contribution in [0.2, 0.25) is 0 Å². The van der Waals surface area contributed by atoms with Crippen molar-refractivity contribution in [1.82, 2.24) is 9.80 Å². The van der Waals surface area contributed by atoms with Gasteiger partial charge in [0.25, 0.3) is 0 Å². The van der Waals surface area contributed by atoms with E-state index in [0.29, 0.717) is 5.75 Å². The van der Waals surface area contributed by atoms with Gasteiger partial charge in [0.2, 0.25) is 11.8 Å². The van der Waals surface area contributed by atoms with Crippen molar-refractivity contribution in [3.05, 3.63) is 35.4 Å². The molecule has 0 aromatic heterocycles. The topological polar surface area (TPSA) is 40.6 Å². The smallest absolute Gasteiger partial charge is 0.242 e. The predicted molar refractivity (Wildman–Crippen MR) is 97.9 cm³/mol. The summed E-state index contributed by atoms with van der Waals surface area (Å²) in [6.07, 6.45) is 2.15. The molecule has 0 radical (unpaired) electrons. The monoisotopic (exact) mass is 346 g/mol. The minimum Gasteiger partial charge on any atom is -0.341 e. The number of amides is 2. The number of benzene rings is 1. The van der Waals surface area contributed by atoms with E-state index in [0.717, 1.165) is 31.5 Å². The van der Waals surface area contributed by atoms with Gasteiger partial charge in [-0.05, 0) is 29.4 Å². The van der Waals surface area contributed by atoms with Gasteiger partial charge in [0.05, 0.1) is 5.75 Å². The maximum atomic E-state index is 12.4. The summed E-state index contributed by atoms with van der Waals surface area (Å²) in [6, 6.07) is 8.48. The molecule has 5 heteroatoms. The number of rotatable bonds is 3. The molecule has 0 bridgehead atoms. The minimum atomic E-state index is -0.0435. The van der Waals surface area contributed by atoms with Crippen molar-refractivity contribution in [2.24, 2.45) is 0 Å². The van der Waals surface area contributed by atoms with Gasteiger partial charge in [0.1, 0.15) is 11.9 Å². The van der Waals surface area contributed by atoms with E-state index in [9.17, 15) is 9.59 Å². The molecular weight excluding hydrogens is 320 g/mol. The first-order valence-corrected chi connectivity index (χ1v) is 9.70. The first kappa shape index (κ1) is 17.3. The number of carbonyl (C=O) groups excluding carboxylic acids is 2. The number of thioether (sulfide) groups is 1. The standard InChI is InChI=1S/C19H26N2O2S/c1-19(2,3)15-8-6-14(7-9-15)18-21(17(23)13-24-18)12-16(22)20-10-4-5-11-20/h6-9,18H,4-5,10-13H2,1-3H3/t18-/m1/s1. The van der Waals surface area contributed by atoms with Gasteiger partial charge >= 0.3 is 0 Å². The summed E-state index contributed by atoms with van der Waals surface area (Å²) < 4.78 is 0. The van der Waals surface area contributed by atoms with Crippen LogP contribution in [0.15, 0.2) is 24.3 Å². The van der Waals surface area contributed by atoms with Gasteiger partial charge in [0.15, 0.2) is 0 Å². The Bertz CT molecular complexity index is 615. The van der Waals surface area contributed by atoms with Crippen LogP contribution in [-0.4, -0.2) is 47.0 Å². The predicted octanol–water partition coefficient (Wildman–Crippen LogP) is 3.18. The van der Waals surface area contributed by atoms with Crippen LogP contribution in [0.4, 0.5) is 0 Å². The van der Waals surface area contributed by atoms with Gasteiger partial charge in [-0.15, -0.1) is 11.8 Å². The van der Waals surface area contributed by atoms with Crippen molar-refractivity contribution in [1.29, 1.82) is 0 Å². The van der Waals surface area contributed by atoms with E-state index in [4.69, 9.17) is 0 Å². The lowest BCUT2D eigenvalue weighted by Crippen LogP contribution is -2.40. The average Bonchev–Trinajstić information content (AvgIpc) is 3.18. The zero-order chi connectivity index (χ0) is 17.3. The van der Waals surface area contributed by atoms with E-state index in [-0.39, 0.29) is 29.1 Å². The fourth-order valence-corrected chi connectivity index (χ4v) is 4.45. The molecule has 130 valence electrons. The zero-order valence-corrected chi connectivity index (χ0v) is 15.6. The summed E-state index contributed by atoms with van der Waals surface area (Å²) in [5.74, 6) is 0.607. The van der Waals surface area contributed by atoms with Crippen molar-refractivity contribution in [2.75, 3.05) is 25.4 Å². The lowest BCUT2D eigenvalue weighted by Gasteiger charge is -2.27. The maximum Gasteiger partial charge on any atom is 0.242 e. The van der Waals surface area contributed by atoms with Crippen molar-refractivity contribution in [3.8, 4) is 0 Å². The minimum absolute atomic E-state index is 0.0435. The summed E-state index contributed by atoms with van der Waals surface area (Å²) >= 11 is 1.62. The molecule has 2 aliphatic rings. The normalized spacial score (nSPS) is 21.6. The van der Waals surface area contributed by atoms with Crippen LogP contribution in [-0.2, 0) is 15.0 Å². The van der Waals surface area contributed by atoms with Gasteiger partial charge in [-0.2, -0.15) is 0 Å². The molecule has 1 aromatic rings. The molecule has 0 spiro atoms. The van der Waals surface area contributed by atoms with E-state index < -0.39 is 0 Å². The highest BCUT2D eigenvalue weighted by molar-refractivity contribution is 8.00. The summed E-state index contributed by atoms with van der Waals surface area (Å²) in [5, 5.41) is -0.0435. The third-order valence-electron chi connectivity index (χ3n) is 4.79. The number of hydrogen-bond acceptors (Lipinski definition) is 3. The Hall–Kier alpha value is -1.49. The molecule has 2 saturated heterocycles. The van der Waals surface area contributed by atoms with Gasteiger partial charge < -0.3 is 9.80 Å². The molecule has 0 N–H and O–H groups in total. The first-order chi connectivity index (χ1) is 11.4. The number of carbonyl (C=O) groups is 2. The molecule has 0 unspecified atom stereocenters. The Morgan fingerprint density at radius 2 is 1.79 bits per heavy atom. The Morgan fingerprint density at radius 3 is 2.38 bits per heavy atom. The summed E-state index contributed by atoms with van der Waals surface area (Å²) in [7, 11) is 0. The van der Waals surface area contributed by atoms with Crippen LogP contribution in [0.5, 0.6) is 0 Å². The van der Waals surface area contributed by atoms with Gasteiger partial charge in [-0.25, -0.2) is 0 Å². The zero-order valence-electron chi connectivity index (χ0n) is 14.7. The number of nitrogens with zero attached hydrogens (tertiary/aromatic N) is 2. The highest BCUT2D eigenvalue weighted by atomic mass is 32.2. The molecule has 0 aliphatic carbocycles. The Morgan fingerprint density at radius 1 is 1.17 bits per heavy atom. The Labute approximate surface area is 148 Å². The third-order valence-corrected chi connectivity index (χ3v) is 6.05. The van der Waals surface area contributed by atoms with Crippen LogP contribution in [0, 0.1) is 0 Å². The lowest BCUT2D eigenvalue weighted by atomic mass is 9.87. The van der Waals surface area contributed by atoms with Crippen molar-refractivity contribution in [2.45, 2.75) is 44.4 Å². The molecule has 3 rings (SSSR count). The van der Waals surface area contributed by atoms with Gasteiger partial charge in [0, 0.05) is 13.1 Å². The first-order valence-electron chi connectivity index (χ1n) is 8.65. The second-order valence-corrected chi connectivity index (χ2v) is 8.71. The van der Waals surface area contributed by atoms with E-state index in [1.54, 1.807) is 16.7 Å². The van der Waals surface area contributed by atoms with Gasteiger partial charge in [-0.1, -0.05) is 45.0 Å². The molecule has 1 aromatic carbocycles. The van der Waals surface area contributed by atoms with Gasteiger partial charge in [-0.3, -0.25) is 9.59 Å². The molecular formula is C19H26N2O2S. The maximum absolute atomic E-state index is 12.4. The lowest BCUT2D eigenvalue weighted by molar-refractivity contribution is -0.138. The summed E-state index contributed by atoms with van der Waals surface area (Å²) in [5.41, 5.74) is 2.50. The molecule has 1 atom stereocenters. The van der Waals surface area contributed by atoms with E-state index in [2.05, 4.69) is 45.0 Å². The van der Waals surface area contributed by atoms with E-state index in [1.807, 2.05) is 4.90 Å². The fraction of sp³-hybridized carbons (Fsp3) is 0.579. The quantitative estimate of drug-likeness (QED) is 0.844. The van der Waals surface area contributed by atoms with Crippen molar-refractivity contribution in [3.63, 3.8) is 0 Å². The third kappa shape index (κ3) is 3.61. The molecule has 4 nitrogen and oxygen atoms in total. The molecule has 24 heavy (non-hydrogen) atoms. The molecule has 2 fully saturated rings. The molecule has 2 heterocycles. The van der Waals surface area contributed by atoms with Crippen LogP contribution in [0.25, 0.3) is 0 Å². The van der Waals surface area contributed by atoms with Crippen molar-refractivity contribution >= 4 is 23.6 Å². The SMILES string of the molecule is CC(C)(C)c1ccc([C@H]2SCC(=O)N2CC(=O)N2CCCC2)cc1. The summed E-state index contributed by atoms with van der Waals surface area (Å²) in [6.45, 7) is 8.44. The Balaban J connectivity index is 1.74. The number of hydrogen-bond donors (Lipinski definition) is 0. The van der Waals surface area contributed by atoms with Crippen LogP contribution >= 0.6 is 11.8 Å². The van der Waals surface area contributed by atoms with E-state index >= 15 is 0 Å². The second-order valence-electron chi connectivity index (χ2n) is 7.64. The fourth-order valence-electron chi connectivity index (χ4n) is 3.26. The Kier molecular flexibility index (Phi) is 4.90. The van der Waals surface area contributed by atoms with Crippen LogP contribution in [0.3, 0.4) is 0 Å². The molecule has 2 aliphatic heterocycles. The van der Waals surface area contributed by atoms with Crippen LogP contribution < -0.4 is 0 Å². The molecule has 2 amide bonds. The van der Waals surface area contributed by atoms with Crippen molar-refractivity contribution < 1.29 is 9.59 Å². The number of likely N-dealkylation sites (tertiary alicyclic amines) is 1. The highest BCUT2D eigenvalue weighted by Crippen LogP contribution is 2.39. The largest absolute Gasteiger partial charge is 0.341 e.